The molecule has 108 valence electrons. The molecule has 2 rings (SSSR count). The number of likely N-dealkylation sites (N-methyl/N-ethyl adjacent to an activating group) is 1. The molecule has 1 heterocycles. The van der Waals surface area contributed by atoms with Crippen molar-refractivity contribution in [1.29, 1.82) is 0 Å². The highest BCUT2D eigenvalue weighted by Gasteiger charge is 2.04. The van der Waals surface area contributed by atoms with Crippen molar-refractivity contribution in [3.8, 4) is 0 Å². The number of aromatic nitrogens is 2. The molecule has 0 unspecified atom stereocenters. The number of nitrogens with zero attached hydrogens (tertiary/aromatic N) is 2. The van der Waals surface area contributed by atoms with Gasteiger partial charge in [-0.2, -0.15) is 0 Å². The Bertz CT molecular complexity index is 633. The van der Waals surface area contributed by atoms with Crippen molar-refractivity contribution in [2.45, 2.75) is 13.8 Å². The van der Waals surface area contributed by atoms with Crippen LogP contribution < -0.4 is 16.6 Å². The van der Waals surface area contributed by atoms with Crippen LogP contribution in [-0.2, 0) is 0 Å². The SMILES string of the molecule is CCN(CC)CCNc1nc2ccc(N)cc2c(=O)[nH]1. The molecule has 0 amide bonds. The molecule has 0 radical (unpaired) electrons. The Kier molecular flexibility index (Phi) is 4.57. The Morgan fingerprint density at radius 2 is 2.10 bits per heavy atom. The summed E-state index contributed by atoms with van der Waals surface area (Å²) in [6.07, 6.45) is 0. The topological polar surface area (TPSA) is 87.0 Å². The molecule has 0 saturated carbocycles. The maximum Gasteiger partial charge on any atom is 0.260 e. The van der Waals surface area contributed by atoms with E-state index in [0.29, 0.717) is 22.5 Å². The number of nitrogen functional groups attached to an aromatic ring is 1. The van der Waals surface area contributed by atoms with E-state index in [4.69, 9.17) is 5.73 Å². The van der Waals surface area contributed by atoms with Gasteiger partial charge in [0.15, 0.2) is 0 Å². The molecule has 0 fully saturated rings. The van der Waals surface area contributed by atoms with E-state index >= 15 is 0 Å². The van der Waals surface area contributed by atoms with Gasteiger partial charge >= 0.3 is 0 Å². The van der Waals surface area contributed by atoms with Gasteiger partial charge < -0.3 is 16.0 Å². The van der Waals surface area contributed by atoms with E-state index in [1.807, 2.05) is 0 Å². The first kappa shape index (κ1) is 14.3. The zero-order valence-electron chi connectivity index (χ0n) is 11.9. The molecule has 2 aromatic rings. The lowest BCUT2D eigenvalue weighted by atomic mass is 10.2. The fourth-order valence-corrected chi connectivity index (χ4v) is 2.11. The Labute approximate surface area is 118 Å². The van der Waals surface area contributed by atoms with E-state index < -0.39 is 0 Å². The number of fused-ring (bicyclic) bond motifs is 1. The molecule has 0 spiro atoms. The fraction of sp³-hybridized carbons (Fsp3) is 0.429. The third-order valence-corrected chi connectivity index (χ3v) is 3.34. The van der Waals surface area contributed by atoms with Crippen LogP contribution in [0.1, 0.15) is 13.8 Å². The Hall–Kier alpha value is -2.08. The molecule has 0 aliphatic rings. The van der Waals surface area contributed by atoms with Crippen LogP contribution in [0, 0.1) is 0 Å². The van der Waals surface area contributed by atoms with Gasteiger partial charge in [-0.1, -0.05) is 13.8 Å². The summed E-state index contributed by atoms with van der Waals surface area (Å²) >= 11 is 0. The van der Waals surface area contributed by atoms with E-state index in [9.17, 15) is 4.79 Å². The number of H-pyrrole nitrogens is 1. The molecule has 20 heavy (non-hydrogen) atoms. The first-order chi connectivity index (χ1) is 9.63. The zero-order valence-corrected chi connectivity index (χ0v) is 11.9. The lowest BCUT2D eigenvalue weighted by molar-refractivity contribution is 0.316. The minimum atomic E-state index is -0.173. The van der Waals surface area contributed by atoms with Gasteiger partial charge in [0, 0.05) is 18.8 Å². The normalized spacial score (nSPS) is 11.2. The van der Waals surface area contributed by atoms with Crippen molar-refractivity contribution in [1.82, 2.24) is 14.9 Å². The highest BCUT2D eigenvalue weighted by Crippen LogP contribution is 2.12. The number of benzene rings is 1. The number of aromatic amines is 1. The van der Waals surface area contributed by atoms with Crippen LogP contribution in [0.15, 0.2) is 23.0 Å². The molecule has 0 aliphatic heterocycles. The van der Waals surface area contributed by atoms with Crippen molar-refractivity contribution >= 4 is 22.5 Å². The molecule has 1 aromatic carbocycles. The molecule has 0 saturated heterocycles. The minimum Gasteiger partial charge on any atom is -0.399 e. The third-order valence-electron chi connectivity index (χ3n) is 3.34. The van der Waals surface area contributed by atoms with E-state index in [0.717, 1.165) is 26.2 Å². The Morgan fingerprint density at radius 1 is 1.35 bits per heavy atom. The first-order valence-electron chi connectivity index (χ1n) is 6.89. The summed E-state index contributed by atoms with van der Waals surface area (Å²) in [4.78, 5) is 21.4. The van der Waals surface area contributed by atoms with Gasteiger partial charge in [-0.15, -0.1) is 0 Å². The molecular formula is C14H21N5O. The first-order valence-corrected chi connectivity index (χ1v) is 6.89. The standard InChI is InChI=1S/C14H21N5O/c1-3-19(4-2)8-7-16-14-17-12-6-5-10(15)9-11(12)13(20)18-14/h5-6,9H,3-4,7-8,15H2,1-2H3,(H2,16,17,18,20). The molecule has 6 nitrogen and oxygen atoms in total. The average Bonchev–Trinajstić information content (AvgIpc) is 2.44. The number of nitrogens with two attached hydrogens (primary N) is 1. The van der Waals surface area contributed by atoms with Crippen LogP contribution >= 0.6 is 0 Å². The van der Waals surface area contributed by atoms with E-state index in [1.54, 1.807) is 18.2 Å². The summed E-state index contributed by atoms with van der Waals surface area (Å²) < 4.78 is 0. The molecule has 0 aliphatic carbocycles. The number of anilines is 2. The van der Waals surface area contributed by atoms with Gasteiger partial charge in [-0.25, -0.2) is 4.98 Å². The predicted molar refractivity (Wildman–Crippen MR) is 83.1 cm³/mol. The van der Waals surface area contributed by atoms with Crippen LogP contribution in [0.3, 0.4) is 0 Å². The average molecular weight is 275 g/mol. The van der Waals surface area contributed by atoms with Crippen molar-refractivity contribution in [3.63, 3.8) is 0 Å². The fourth-order valence-electron chi connectivity index (χ4n) is 2.11. The van der Waals surface area contributed by atoms with Crippen molar-refractivity contribution in [2.75, 3.05) is 37.2 Å². The molecule has 1 aromatic heterocycles. The third kappa shape index (κ3) is 3.27. The summed E-state index contributed by atoms with van der Waals surface area (Å²) in [6.45, 7) is 7.94. The van der Waals surface area contributed by atoms with Gasteiger partial charge in [-0.05, 0) is 31.3 Å². The van der Waals surface area contributed by atoms with Crippen LogP contribution in [0.4, 0.5) is 11.6 Å². The molecule has 6 heteroatoms. The van der Waals surface area contributed by atoms with Gasteiger partial charge in [0.25, 0.3) is 5.56 Å². The summed E-state index contributed by atoms with van der Waals surface area (Å²) in [7, 11) is 0. The van der Waals surface area contributed by atoms with Crippen molar-refractivity contribution in [3.05, 3.63) is 28.6 Å². The van der Waals surface area contributed by atoms with E-state index in [-0.39, 0.29) is 5.56 Å². The highest BCUT2D eigenvalue weighted by atomic mass is 16.1. The number of rotatable bonds is 6. The van der Waals surface area contributed by atoms with Crippen molar-refractivity contribution < 1.29 is 0 Å². The Balaban J connectivity index is 2.12. The van der Waals surface area contributed by atoms with Crippen LogP contribution in [0.5, 0.6) is 0 Å². The number of hydrogen-bond donors (Lipinski definition) is 3. The summed E-state index contributed by atoms with van der Waals surface area (Å²) in [5.41, 5.74) is 6.71. The zero-order chi connectivity index (χ0) is 14.5. The van der Waals surface area contributed by atoms with Gasteiger partial charge in [-0.3, -0.25) is 9.78 Å². The molecule has 0 atom stereocenters. The Morgan fingerprint density at radius 3 is 2.80 bits per heavy atom. The quantitative estimate of drug-likeness (QED) is 0.691. The monoisotopic (exact) mass is 275 g/mol. The van der Waals surface area contributed by atoms with Crippen LogP contribution in [0.25, 0.3) is 10.9 Å². The van der Waals surface area contributed by atoms with Gasteiger partial charge in [0.05, 0.1) is 10.9 Å². The molecular weight excluding hydrogens is 254 g/mol. The second-order valence-corrected chi connectivity index (χ2v) is 4.64. The minimum absolute atomic E-state index is 0.173. The van der Waals surface area contributed by atoms with Crippen molar-refractivity contribution in [2.24, 2.45) is 0 Å². The van der Waals surface area contributed by atoms with Gasteiger partial charge in [0.1, 0.15) is 0 Å². The predicted octanol–water partition coefficient (Wildman–Crippen LogP) is 1.26. The highest BCUT2D eigenvalue weighted by molar-refractivity contribution is 5.81. The lowest BCUT2D eigenvalue weighted by Gasteiger charge is -2.18. The lowest BCUT2D eigenvalue weighted by Crippen LogP contribution is -2.29. The van der Waals surface area contributed by atoms with Crippen LogP contribution in [0.2, 0.25) is 0 Å². The van der Waals surface area contributed by atoms with Crippen LogP contribution in [-0.4, -0.2) is 41.0 Å². The van der Waals surface area contributed by atoms with E-state index in [1.165, 1.54) is 0 Å². The molecule has 0 bridgehead atoms. The second kappa shape index (κ2) is 6.38. The summed E-state index contributed by atoms with van der Waals surface area (Å²) in [5.74, 6) is 0.499. The van der Waals surface area contributed by atoms with Gasteiger partial charge in [0.2, 0.25) is 5.95 Å². The molecule has 4 N–H and O–H groups in total. The largest absolute Gasteiger partial charge is 0.399 e. The smallest absolute Gasteiger partial charge is 0.260 e. The van der Waals surface area contributed by atoms with E-state index in [2.05, 4.69) is 34.0 Å². The summed E-state index contributed by atoms with van der Waals surface area (Å²) in [6, 6.07) is 5.14. The number of nitrogens with one attached hydrogen (secondary N) is 2. The number of hydrogen-bond acceptors (Lipinski definition) is 5. The maximum atomic E-state index is 12.0. The summed E-state index contributed by atoms with van der Waals surface area (Å²) in [5, 5.41) is 3.66. The maximum absolute atomic E-state index is 12.0. The second-order valence-electron chi connectivity index (χ2n) is 4.64.